The number of hydrogen-bond acceptors (Lipinski definition) is 4. The Balaban J connectivity index is 2.13. The van der Waals surface area contributed by atoms with E-state index in [9.17, 15) is 14.9 Å². The van der Waals surface area contributed by atoms with E-state index < -0.39 is 10.8 Å². The molecule has 9 heteroatoms. The summed E-state index contributed by atoms with van der Waals surface area (Å²) in [5.74, 6) is -0.540. The number of hydrogen-bond donors (Lipinski definition) is 2. The Labute approximate surface area is 156 Å². The molecular formula is C15H11BrClN3O3S. The van der Waals surface area contributed by atoms with Gasteiger partial charge >= 0.3 is 0 Å². The van der Waals surface area contributed by atoms with E-state index in [0.29, 0.717) is 10.7 Å². The van der Waals surface area contributed by atoms with Crippen molar-refractivity contribution in [2.24, 2.45) is 0 Å². The van der Waals surface area contributed by atoms with Gasteiger partial charge in [-0.25, -0.2) is 0 Å². The van der Waals surface area contributed by atoms with Crippen molar-refractivity contribution in [2.45, 2.75) is 6.92 Å². The molecule has 0 radical (unpaired) electrons. The number of carbonyl (C=O) groups is 1. The minimum atomic E-state index is -0.540. The fourth-order valence-corrected chi connectivity index (χ4v) is 2.91. The van der Waals surface area contributed by atoms with Crippen LogP contribution in [0.3, 0.4) is 0 Å². The second-order valence-electron chi connectivity index (χ2n) is 4.74. The maximum absolute atomic E-state index is 12.3. The Morgan fingerprint density at radius 2 is 2.04 bits per heavy atom. The molecule has 2 aromatic carbocycles. The maximum atomic E-state index is 12.3. The molecule has 0 aliphatic carbocycles. The lowest BCUT2D eigenvalue weighted by Gasteiger charge is -2.12. The summed E-state index contributed by atoms with van der Waals surface area (Å²) in [6.45, 7) is 1.51. The molecule has 0 aliphatic rings. The smallest absolute Gasteiger partial charge is 0.273 e. The van der Waals surface area contributed by atoms with Crippen LogP contribution in [-0.4, -0.2) is 15.9 Å². The lowest BCUT2D eigenvalue weighted by Crippen LogP contribution is -2.34. The van der Waals surface area contributed by atoms with E-state index in [1.165, 1.54) is 25.1 Å². The van der Waals surface area contributed by atoms with Gasteiger partial charge in [0.2, 0.25) is 0 Å². The molecule has 0 atom stereocenters. The number of rotatable bonds is 3. The Morgan fingerprint density at radius 3 is 2.67 bits per heavy atom. The van der Waals surface area contributed by atoms with Crippen molar-refractivity contribution in [1.82, 2.24) is 5.32 Å². The number of nitro benzene ring substituents is 1. The number of benzene rings is 2. The van der Waals surface area contributed by atoms with Crippen LogP contribution in [0.1, 0.15) is 15.9 Å². The summed E-state index contributed by atoms with van der Waals surface area (Å²) in [7, 11) is 0. The standard InChI is InChI=1S/C15H11BrClN3O3S/c1-8-10(3-2-4-13(8)20(22)23)14(21)19-15(24)18-12-6-5-9(16)7-11(12)17/h2-7H,1H3,(H2,18,19,21,24). The van der Waals surface area contributed by atoms with E-state index in [1.54, 1.807) is 18.2 Å². The molecule has 0 bridgehead atoms. The van der Waals surface area contributed by atoms with Gasteiger partial charge in [-0.3, -0.25) is 20.2 Å². The zero-order chi connectivity index (χ0) is 17.9. The molecule has 124 valence electrons. The van der Waals surface area contributed by atoms with Gasteiger partial charge in [-0.1, -0.05) is 33.6 Å². The molecule has 0 aliphatic heterocycles. The quantitative estimate of drug-likeness (QED) is 0.429. The zero-order valence-electron chi connectivity index (χ0n) is 12.3. The van der Waals surface area contributed by atoms with E-state index in [0.717, 1.165) is 4.47 Å². The third-order valence-electron chi connectivity index (χ3n) is 3.15. The summed E-state index contributed by atoms with van der Waals surface area (Å²) >= 11 is 14.4. The first-order chi connectivity index (χ1) is 11.3. The molecule has 2 rings (SSSR count). The van der Waals surface area contributed by atoms with Crippen molar-refractivity contribution in [3.8, 4) is 0 Å². The summed E-state index contributed by atoms with van der Waals surface area (Å²) in [5.41, 5.74) is 0.845. The van der Waals surface area contributed by atoms with Crippen LogP contribution < -0.4 is 10.6 Å². The molecule has 2 aromatic rings. The van der Waals surface area contributed by atoms with Crippen molar-refractivity contribution in [3.05, 3.63) is 67.1 Å². The van der Waals surface area contributed by atoms with Gasteiger partial charge in [-0.05, 0) is 43.4 Å². The first-order valence-corrected chi connectivity index (χ1v) is 8.19. The van der Waals surface area contributed by atoms with Crippen LogP contribution in [0.25, 0.3) is 0 Å². The number of nitrogens with zero attached hydrogens (tertiary/aromatic N) is 1. The van der Waals surface area contributed by atoms with Crippen LogP contribution in [0.2, 0.25) is 5.02 Å². The van der Waals surface area contributed by atoms with Gasteiger partial charge in [0.1, 0.15) is 0 Å². The van der Waals surface area contributed by atoms with Gasteiger partial charge in [0.25, 0.3) is 11.6 Å². The Morgan fingerprint density at radius 1 is 1.33 bits per heavy atom. The first kappa shape index (κ1) is 18.3. The molecular weight excluding hydrogens is 418 g/mol. The molecule has 24 heavy (non-hydrogen) atoms. The SMILES string of the molecule is Cc1c(C(=O)NC(=S)Nc2ccc(Br)cc2Cl)cccc1[N+](=O)[O-]. The average molecular weight is 429 g/mol. The molecule has 0 saturated heterocycles. The third kappa shape index (κ3) is 4.28. The van der Waals surface area contributed by atoms with Crippen LogP contribution in [0.5, 0.6) is 0 Å². The molecule has 0 heterocycles. The summed E-state index contributed by atoms with van der Waals surface area (Å²) in [4.78, 5) is 22.7. The fraction of sp³-hybridized carbons (Fsp3) is 0.0667. The molecule has 2 N–H and O–H groups in total. The van der Waals surface area contributed by atoms with Gasteiger partial charge in [0.05, 0.1) is 15.6 Å². The highest BCUT2D eigenvalue weighted by atomic mass is 79.9. The van der Waals surface area contributed by atoms with E-state index in [-0.39, 0.29) is 21.9 Å². The van der Waals surface area contributed by atoms with Crippen LogP contribution in [0, 0.1) is 17.0 Å². The largest absolute Gasteiger partial charge is 0.331 e. The zero-order valence-corrected chi connectivity index (χ0v) is 15.5. The van der Waals surface area contributed by atoms with Gasteiger partial charge in [-0.2, -0.15) is 0 Å². The minimum absolute atomic E-state index is 0.0372. The summed E-state index contributed by atoms with van der Waals surface area (Å²) in [5, 5.41) is 16.7. The molecule has 0 saturated carbocycles. The van der Waals surface area contributed by atoms with Crippen molar-refractivity contribution < 1.29 is 9.72 Å². The highest BCUT2D eigenvalue weighted by molar-refractivity contribution is 9.10. The Hall–Kier alpha value is -2.03. The van der Waals surface area contributed by atoms with E-state index >= 15 is 0 Å². The lowest BCUT2D eigenvalue weighted by molar-refractivity contribution is -0.385. The van der Waals surface area contributed by atoms with Crippen LogP contribution in [0.4, 0.5) is 11.4 Å². The number of nitrogens with one attached hydrogen (secondary N) is 2. The molecule has 0 spiro atoms. The maximum Gasteiger partial charge on any atom is 0.273 e. The van der Waals surface area contributed by atoms with Gasteiger partial charge in [0, 0.05) is 21.7 Å². The number of halogens is 2. The topological polar surface area (TPSA) is 84.3 Å². The van der Waals surface area contributed by atoms with E-state index in [1.807, 2.05) is 0 Å². The van der Waals surface area contributed by atoms with Gasteiger partial charge < -0.3 is 5.32 Å². The van der Waals surface area contributed by atoms with E-state index in [4.69, 9.17) is 23.8 Å². The van der Waals surface area contributed by atoms with Crippen LogP contribution in [-0.2, 0) is 0 Å². The average Bonchev–Trinajstić information content (AvgIpc) is 2.49. The Kier molecular flexibility index (Phi) is 5.87. The normalized spacial score (nSPS) is 10.1. The van der Waals surface area contributed by atoms with Crippen LogP contribution >= 0.6 is 39.7 Å². The van der Waals surface area contributed by atoms with Crippen molar-refractivity contribution in [2.75, 3.05) is 5.32 Å². The van der Waals surface area contributed by atoms with Gasteiger partial charge in [0.15, 0.2) is 5.11 Å². The Bertz CT molecular complexity index is 845. The minimum Gasteiger partial charge on any atom is -0.331 e. The number of amides is 1. The molecule has 0 aromatic heterocycles. The summed E-state index contributed by atoms with van der Waals surface area (Å²) in [6.07, 6.45) is 0. The monoisotopic (exact) mass is 427 g/mol. The number of nitro groups is 1. The van der Waals surface area contributed by atoms with Crippen molar-refractivity contribution in [3.63, 3.8) is 0 Å². The molecule has 1 amide bonds. The van der Waals surface area contributed by atoms with Crippen LogP contribution in [0.15, 0.2) is 40.9 Å². The first-order valence-electron chi connectivity index (χ1n) is 6.61. The predicted octanol–water partition coefficient (Wildman–Crippen LogP) is 4.45. The molecule has 0 fully saturated rings. The second kappa shape index (κ2) is 7.69. The number of thiocarbonyl (C=S) groups is 1. The predicted molar refractivity (Wildman–Crippen MR) is 101 cm³/mol. The molecule has 0 unspecified atom stereocenters. The summed E-state index contributed by atoms with van der Waals surface area (Å²) < 4.78 is 0.806. The fourth-order valence-electron chi connectivity index (χ4n) is 1.98. The highest BCUT2D eigenvalue weighted by Gasteiger charge is 2.18. The van der Waals surface area contributed by atoms with Crippen molar-refractivity contribution in [1.29, 1.82) is 0 Å². The second-order valence-corrected chi connectivity index (χ2v) is 6.47. The molecule has 6 nitrogen and oxygen atoms in total. The lowest BCUT2D eigenvalue weighted by atomic mass is 10.1. The summed E-state index contributed by atoms with van der Waals surface area (Å²) in [6, 6.07) is 9.42. The van der Waals surface area contributed by atoms with Crippen molar-refractivity contribution >= 4 is 62.1 Å². The number of carbonyl (C=O) groups excluding carboxylic acids is 1. The highest BCUT2D eigenvalue weighted by Crippen LogP contribution is 2.25. The third-order valence-corrected chi connectivity index (χ3v) is 4.16. The number of anilines is 1. The van der Waals surface area contributed by atoms with Gasteiger partial charge in [-0.15, -0.1) is 0 Å². The van der Waals surface area contributed by atoms with E-state index in [2.05, 4.69) is 26.6 Å².